The number of carboxylic acid groups (broad SMARTS) is 1. The van der Waals surface area contributed by atoms with Crippen molar-refractivity contribution in [3.05, 3.63) is 0 Å². The quantitative estimate of drug-likeness (QED) is 0.691. The highest BCUT2D eigenvalue weighted by molar-refractivity contribution is 5.76. The lowest BCUT2D eigenvalue weighted by Crippen LogP contribution is -2.44. The lowest BCUT2D eigenvalue weighted by molar-refractivity contribution is -0.154. The fourth-order valence-electron chi connectivity index (χ4n) is 1.18. The maximum absolute atomic E-state index is 11.3. The van der Waals surface area contributed by atoms with Crippen molar-refractivity contribution in [3.63, 3.8) is 0 Å². The van der Waals surface area contributed by atoms with Gasteiger partial charge in [-0.1, -0.05) is 13.8 Å². The van der Waals surface area contributed by atoms with Crippen LogP contribution in [0.15, 0.2) is 0 Å². The Hall–Kier alpha value is -1.10. The maximum atomic E-state index is 11.3. The number of rotatable bonds is 5. The summed E-state index contributed by atoms with van der Waals surface area (Å²) in [7, 11) is 0. The molecule has 0 saturated heterocycles. The molecule has 0 heterocycles. The highest BCUT2D eigenvalue weighted by Crippen LogP contribution is 2.07. The summed E-state index contributed by atoms with van der Waals surface area (Å²) in [5.41, 5.74) is -0.546. The Morgan fingerprint density at radius 1 is 1.31 bits per heavy atom. The second-order valence-corrected chi connectivity index (χ2v) is 5.03. The molecule has 16 heavy (non-hydrogen) atoms. The van der Waals surface area contributed by atoms with E-state index in [0.717, 1.165) is 0 Å². The van der Waals surface area contributed by atoms with E-state index in [2.05, 4.69) is 5.32 Å². The molecule has 5 heteroatoms. The van der Waals surface area contributed by atoms with Gasteiger partial charge < -0.3 is 9.84 Å². The number of hydrogen-bond donors (Lipinski definition) is 2. The standard InChI is InChI=1S/C11H21NO4/c1-7(2)9(10(14)15)12-6-8(13)16-11(3,4)5/h7,9,12H,6H2,1-5H3,(H,14,15). The van der Waals surface area contributed by atoms with Crippen LogP contribution in [-0.2, 0) is 14.3 Å². The summed E-state index contributed by atoms with van der Waals surface area (Å²) in [6, 6.07) is -0.729. The van der Waals surface area contributed by atoms with Crippen LogP contribution in [0.5, 0.6) is 0 Å². The van der Waals surface area contributed by atoms with E-state index in [-0.39, 0.29) is 12.5 Å². The summed E-state index contributed by atoms with van der Waals surface area (Å²) in [6.07, 6.45) is 0. The van der Waals surface area contributed by atoms with E-state index >= 15 is 0 Å². The van der Waals surface area contributed by atoms with Crippen molar-refractivity contribution in [2.45, 2.75) is 46.3 Å². The molecular weight excluding hydrogens is 210 g/mol. The second-order valence-electron chi connectivity index (χ2n) is 5.03. The molecule has 0 aromatic rings. The van der Waals surface area contributed by atoms with Gasteiger partial charge in [-0.05, 0) is 26.7 Å². The fraction of sp³-hybridized carbons (Fsp3) is 0.818. The molecule has 0 aliphatic rings. The van der Waals surface area contributed by atoms with Crippen molar-refractivity contribution in [2.75, 3.05) is 6.54 Å². The van der Waals surface area contributed by atoms with Crippen LogP contribution in [0, 0.1) is 5.92 Å². The predicted octanol–water partition coefficient (Wildman–Crippen LogP) is 1.03. The minimum Gasteiger partial charge on any atom is -0.480 e. The molecule has 1 atom stereocenters. The van der Waals surface area contributed by atoms with Gasteiger partial charge in [-0.2, -0.15) is 0 Å². The van der Waals surface area contributed by atoms with Crippen molar-refractivity contribution < 1.29 is 19.4 Å². The molecule has 0 radical (unpaired) electrons. The minimum atomic E-state index is -0.960. The Morgan fingerprint density at radius 3 is 2.12 bits per heavy atom. The van der Waals surface area contributed by atoms with Crippen molar-refractivity contribution in [3.8, 4) is 0 Å². The number of carbonyl (C=O) groups excluding carboxylic acids is 1. The van der Waals surface area contributed by atoms with Gasteiger partial charge in [0.05, 0.1) is 6.54 Å². The van der Waals surface area contributed by atoms with Gasteiger partial charge >= 0.3 is 11.9 Å². The molecule has 5 nitrogen and oxygen atoms in total. The highest BCUT2D eigenvalue weighted by Gasteiger charge is 2.23. The Balaban J connectivity index is 4.12. The van der Waals surface area contributed by atoms with Gasteiger partial charge in [-0.3, -0.25) is 14.9 Å². The normalized spacial score (nSPS) is 13.6. The zero-order valence-electron chi connectivity index (χ0n) is 10.5. The van der Waals surface area contributed by atoms with Crippen LogP contribution >= 0.6 is 0 Å². The number of carboxylic acids is 1. The molecule has 0 bridgehead atoms. The van der Waals surface area contributed by atoms with E-state index in [0.29, 0.717) is 0 Å². The van der Waals surface area contributed by atoms with E-state index < -0.39 is 23.6 Å². The third-order valence-corrected chi connectivity index (χ3v) is 1.82. The lowest BCUT2D eigenvalue weighted by atomic mass is 10.1. The molecule has 1 unspecified atom stereocenters. The first-order valence-corrected chi connectivity index (χ1v) is 5.31. The highest BCUT2D eigenvalue weighted by atomic mass is 16.6. The summed E-state index contributed by atoms with van der Waals surface area (Å²) in [5.74, 6) is -1.49. The summed E-state index contributed by atoms with van der Waals surface area (Å²) in [6.45, 7) is 8.76. The van der Waals surface area contributed by atoms with Crippen molar-refractivity contribution in [2.24, 2.45) is 5.92 Å². The first kappa shape index (κ1) is 14.9. The summed E-state index contributed by atoms with van der Waals surface area (Å²) in [4.78, 5) is 22.2. The molecule has 0 aliphatic carbocycles. The van der Waals surface area contributed by atoms with Gasteiger partial charge in [0.15, 0.2) is 0 Å². The number of carbonyl (C=O) groups is 2. The Kier molecular flexibility index (Phi) is 5.44. The molecule has 0 aromatic carbocycles. The third-order valence-electron chi connectivity index (χ3n) is 1.82. The third kappa shape index (κ3) is 6.40. The molecule has 0 aliphatic heterocycles. The van der Waals surface area contributed by atoms with E-state index in [9.17, 15) is 9.59 Å². The number of nitrogens with one attached hydrogen (secondary N) is 1. The van der Waals surface area contributed by atoms with Crippen LogP contribution in [0.4, 0.5) is 0 Å². The molecule has 94 valence electrons. The number of aliphatic carboxylic acids is 1. The molecule has 0 rings (SSSR count). The van der Waals surface area contributed by atoms with Crippen LogP contribution in [0.2, 0.25) is 0 Å². The second kappa shape index (κ2) is 5.84. The molecule has 0 spiro atoms. The predicted molar refractivity (Wildman–Crippen MR) is 60.1 cm³/mol. The Morgan fingerprint density at radius 2 is 1.81 bits per heavy atom. The van der Waals surface area contributed by atoms with Crippen LogP contribution in [0.25, 0.3) is 0 Å². The molecule has 0 saturated carbocycles. The summed E-state index contributed by atoms with van der Waals surface area (Å²) in [5, 5.41) is 11.5. The lowest BCUT2D eigenvalue weighted by Gasteiger charge is -2.21. The minimum absolute atomic E-state index is 0.0834. The molecule has 0 fully saturated rings. The molecule has 0 amide bonds. The SMILES string of the molecule is CC(C)C(NCC(=O)OC(C)(C)C)C(=O)O. The number of hydrogen-bond acceptors (Lipinski definition) is 4. The Labute approximate surface area is 96.2 Å². The first-order chi connectivity index (χ1) is 7.13. The zero-order valence-corrected chi connectivity index (χ0v) is 10.5. The summed E-state index contributed by atoms with van der Waals surface area (Å²) >= 11 is 0. The van der Waals surface area contributed by atoms with Gasteiger partial charge in [0, 0.05) is 0 Å². The molecule has 0 aromatic heterocycles. The van der Waals surface area contributed by atoms with Gasteiger partial charge in [0.25, 0.3) is 0 Å². The van der Waals surface area contributed by atoms with Crippen LogP contribution in [0.3, 0.4) is 0 Å². The zero-order chi connectivity index (χ0) is 12.9. The fourth-order valence-corrected chi connectivity index (χ4v) is 1.18. The molecular formula is C11H21NO4. The van der Waals surface area contributed by atoms with Crippen LogP contribution in [0.1, 0.15) is 34.6 Å². The maximum Gasteiger partial charge on any atom is 0.320 e. The van der Waals surface area contributed by atoms with E-state index in [4.69, 9.17) is 9.84 Å². The van der Waals surface area contributed by atoms with Gasteiger partial charge in [-0.25, -0.2) is 0 Å². The van der Waals surface area contributed by atoms with E-state index in [1.807, 2.05) is 0 Å². The topological polar surface area (TPSA) is 75.6 Å². The average Bonchev–Trinajstić information content (AvgIpc) is 1.98. The largest absolute Gasteiger partial charge is 0.480 e. The Bertz CT molecular complexity index is 255. The van der Waals surface area contributed by atoms with Crippen molar-refractivity contribution in [1.82, 2.24) is 5.32 Å². The average molecular weight is 231 g/mol. The van der Waals surface area contributed by atoms with Gasteiger partial charge in [0.1, 0.15) is 11.6 Å². The van der Waals surface area contributed by atoms with Gasteiger partial charge in [-0.15, -0.1) is 0 Å². The van der Waals surface area contributed by atoms with Gasteiger partial charge in [0.2, 0.25) is 0 Å². The first-order valence-electron chi connectivity index (χ1n) is 5.31. The van der Waals surface area contributed by atoms with E-state index in [1.165, 1.54) is 0 Å². The number of ether oxygens (including phenoxy) is 1. The monoisotopic (exact) mass is 231 g/mol. The van der Waals surface area contributed by atoms with E-state index in [1.54, 1.807) is 34.6 Å². The van der Waals surface area contributed by atoms with Crippen molar-refractivity contribution in [1.29, 1.82) is 0 Å². The summed E-state index contributed by atoms with van der Waals surface area (Å²) < 4.78 is 5.05. The van der Waals surface area contributed by atoms with Crippen LogP contribution in [-0.4, -0.2) is 35.2 Å². The number of esters is 1. The smallest absolute Gasteiger partial charge is 0.320 e. The van der Waals surface area contributed by atoms with Crippen molar-refractivity contribution >= 4 is 11.9 Å². The van der Waals surface area contributed by atoms with Crippen LogP contribution < -0.4 is 5.32 Å². The molecule has 2 N–H and O–H groups in total.